The Balaban J connectivity index is 0.000000595. The van der Waals surface area contributed by atoms with Crippen molar-refractivity contribution in [2.45, 2.75) is 65.3 Å². The standard InChI is InChI=1S/C16H21F2NO.C3H8/c1-11-9-16(7-3-4-8-16)10-19(11)13-6-5-12(17)14(18)15(13)20-2;1-3-2/h5-6,11H,3-4,7-10H2,1-2H3;3H2,1-2H3. The third-order valence-electron chi connectivity index (χ3n) is 4.97. The molecule has 1 spiro atoms. The van der Waals surface area contributed by atoms with E-state index in [9.17, 15) is 8.78 Å². The Morgan fingerprint density at radius 1 is 1.22 bits per heavy atom. The predicted molar refractivity (Wildman–Crippen MR) is 91.2 cm³/mol. The van der Waals surface area contributed by atoms with Crippen molar-refractivity contribution in [2.24, 2.45) is 5.41 Å². The second-order valence-electron chi connectivity index (χ2n) is 7.01. The van der Waals surface area contributed by atoms with Crippen molar-refractivity contribution in [3.63, 3.8) is 0 Å². The van der Waals surface area contributed by atoms with Crippen LogP contribution in [0.3, 0.4) is 0 Å². The molecule has 2 aliphatic rings. The minimum atomic E-state index is -0.885. The molecule has 2 fully saturated rings. The molecular weight excluding hydrogens is 296 g/mol. The van der Waals surface area contributed by atoms with Gasteiger partial charge in [0.05, 0.1) is 12.8 Å². The van der Waals surface area contributed by atoms with Gasteiger partial charge in [-0.25, -0.2) is 4.39 Å². The number of anilines is 1. The number of hydrogen-bond donors (Lipinski definition) is 0. The maximum atomic E-state index is 13.9. The van der Waals surface area contributed by atoms with Crippen LogP contribution in [0.4, 0.5) is 14.5 Å². The quantitative estimate of drug-likeness (QED) is 0.707. The van der Waals surface area contributed by atoms with Crippen molar-refractivity contribution in [3.05, 3.63) is 23.8 Å². The van der Waals surface area contributed by atoms with Gasteiger partial charge < -0.3 is 9.64 Å². The molecule has 4 heteroatoms. The van der Waals surface area contributed by atoms with Gasteiger partial charge in [0, 0.05) is 12.6 Å². The molecule has 1 aromatic rings. The van der Waals surface area contributed by atoms with Crippen molar-refractivity contribution >= 4 is 5.69 Å². The molecule has 1 atom stereocenters. The Kier molecular flexibility index (Phi) is 5.88. The van der Waals surface area contributed by atoms with Gasteiger partial charge in [-0.2, -0.15) is 4.39 Å². The number of hydrogen-bond acceptors (Lipinski definition) is 2. The zero-order chi connectivity index (χ0) is 17.0. The smallest absolute Gasteiger partial charge is 0.202 e. The van der Waals surface area contributed by atoms with E-state index in [1.54, 1.807) is 6.07 Å². The first-order valence-corrected chi connectivity index (χ1v) is 8.76. The summed E-state index contributed by atoms with van der Waals surface area (Å²) in [6.07, 6.45) is 7.46. The molecule has 0 aromatic heterocycles. The molecule has 1 heterocycles. The lowest BCUT2D eigenvalue weighted by atomic mass is 9.84. The fourth-order valence-corrected chi connectivity index (χ4v) is 4.07. The number of ether oxygens (including phenoxy) is 1. The maximum absolute atomic E-state index is 13.9. The highest BCUT2D eigenvalue weighted by atomic mass is 19.2. The van der Waals surface area contributed by atoms with E-state index in [1.807, 2.05) is 0 Å². The average molecular weight is 325 g/mol. The second kappa shape index (κ2) is 7.50. The highest BCUT2D eigenvalue weighted by Gasteiger charge is 2.44. The van der Waals surface area contributed by atoms with E-state index >= 15 is 0 Å². The third-order valence-corrected chi connectivity index (χ3v) is 4.97. The van der Waals surface area contributed by atoms with Crippen molar-refractivity contribution in [2.75, 3.05) is 18.6 Å². The molecule has 0 radical (unpaired) electrons. The van der Waals surface area contributed by atoms with Crippen molar-refractivity contribution in [1.29, 1.82) is 0 Å². The van der Waals surface area contributed by atoms with Crippen LogP contribution >= 0.6 is 0 Å². The molecule has 23 heavy (non-hydrogen) atoms. The van der Waals surface area contributed by atoms with Crippen LogP contribution in [0.15, 0.2) is 12.1 Å². The van der Waals surface area contributed by atoms with Gasteiger partial charge in [-0.3, -0.25) is 0 Å². The van der Waals surface area contributed by atoms with Gasteiger partial charge >= 0.3 is 0 Å². The Hall–Kier alpha value is -1.32. The minimum absolute atomic E-state index is 0.0342. The van der Waals surface area contributed by atoms with E-state index < -0.39 is 11.6 Å². The summed E-state index contributed by atoms with van der Waals surface area (Å²) in [5.41, 5.74) is 1.05. The topological polar surface area (TPSA) is 12.5 Å². The number of nitrogens with zero attached hydrogens (tertiary/aromatic N) is 1. The fraction of sp³-hybridized carbons (Fsp3) is 0.684. The highest BCUT2D eigenvalue weighted by Crippen LogP contribution is 2.50. The van der Waals surface area contributed by atoms with E-state index in [2.05, 4.69) is 25.7 Å². The largest absolute Gasteiger partial charge is 0.491 e. The van der Waals surface area contributed by atoms with E-state index in [4.69, 9.17) is 4.74 Å². The number of rotatable bonds is 2. The van der Waals surface area contributed by atoms with Gasteiger partial charge in [0.25, 0.3) is 0 Å². The Morgan fingerprint density at radius 3 is 2.39 bits per heavy atom. The molecule has 1 saturated carbocycles. The summed E-state index contributed by atoms with van der Waals surface area (Å²) in [5.74, 6) is -1.70. The molecular formula is C19H29F2NO. The first-order valence-electron chi connectivity index (χ1n) is 8.76. The average Bonchev–Trinajstić information content (AvgIpc) is 3.10. The van der Waals surface area contributed by atoms with Gasteiger partial charge in [0.1, 0.15) is 0 Å². The first-order chi connectivity index (χ1) is 11.0. The van der Waals surface area contributed by atoms with Crippen LogP contribution in [0.1, 0.15) is 59.3 Å². The molecule has 1 aliphatic heterocycles. The monoisotopic (exact) mass is 325 g/mol. The summed E-state index contributed by atoms with van der Waals surface area (Å²) in [7, 11) is 1.40. The van der Waals surface area contributed by atoms with Crippen LogP contribution in [-0.4, -0.2) is 19.7 Å². The zero-order valence-electron chi connectivity index (χ0n) is 14.8. The number of methoxy groups -OCH3 is 1. The SMILES string of the molecule is CCC.COc1c(N2CC3(CCCC3)CC2C)ccc(F)c1F. The minimum Gasteiger partial charge on any atom is -0.491 e. The molecule has 1 aromatic carbocycles. The normalized spacial score (nSPS) is 22.2. The molecule has 0 N–H and O–H groups in total. The first kappa shape index (κ1) is 18.0. The van der Waals surface area contributed by atoms with Crippen LogP contribution in [0.25, 0.3) is 0 Å². The molecule has 3 rings (SSSR count). The van der Waals surface area contributed by atoms with Gasteiger partial charge in [-0.15, -0.1) is 0 Å². The predicted octanol–water partition coefficient (Wildman–Crippen LogP) is 5.55. The van der Waals surface area contributed by atoms with Gasteiger partial charge in [0.15, 0.2) is 11.6 Å². The second-order valence-corrected chi connectivity index (χ2v) is 7.01. The van der Waals surface area contributed by atoms with Crippen LogP contribution in [-0.2, 0) is 0 Å². The molecule has 0 bridgehead atoms. The van der Waals surface area contributed by atoms with Crippen LogP contribution in [0.2, 0.25) is 0 Å². The zero-order valence-corrected chi connectivity index (χ0v) is 14.8. The molecule has 1 saturated heterocycles. The Morgan fingerprint density at radius 2 is 1.83 bits per heavy atom. The fourth-order valence-electron chi connectivity index (χ4n) is 4.07. The van der Waals surface area contributed by atoms with Crippen molar-refractivity contribution in [3.8, 4) is 5.75 Å². The van der Waals surface area contributed by atoms with E-state index in [0.29, 0.717) is 17.1 Å². The summed E-state index contributed by atoms with van der Waals surface area (Å²) in [6, 6.07) is 3.17. The molecule has 1 unspecified atom stereocenters. The van der Waals surface area contributed by atoms with E-state index in [-0.39, 0.29) is 5.75 Å². The van der Waals surface area contributed by atoms with Crippen molar-refractivity contribution < 1.29 is 13.5 Å². The van der Waals surface area contributed by atoms with Crippen molar-refractivity contribution in [1.82, 2.24) is 0 Å². The van der Waals surface area contributed by atoms with Crippen LogP contribution < -0.4 is 9.64 Å². The molecule has 2 nitrogen and oxygen atoms in total. The van der Waals surface area contributed by atoms with E-state index in [1.165, 1.54) is 45.3 Å². The molecule has 130 valence electrons. The summed E-state index contributed by atoms with van der Waals surface area (Å²) in [6.45, 7) is 7.34. The summed E-state index contributed by atoms with van der Waals surface area (Å²) >= 11 is 0. The van der Waals surface area contributed by atoms with Gasteiger partial charge in [-0.05, 0) is 43.7 Å². The molecule has 1 aliphatic carbocycles. The third kappa shape index (κ3) is 3.61. The summed E-state index contributed by atoms with van der Waals surface area (Å²) < 4.78 is 32.3. The molecule has 0 amide bonds. The maximum Gasteiger partial charge on any atom is 0.202 e. The summed E-state index contributed by atoms with van der Waals surface area (Å²) in [5, 5.41) is 0. The van der Waals surface area contributed by atoms with Crippen LogP contribution in [0.5, 0.6) is 5.75 Å². The highest BCUT2D eigenvalue weighted by molar-refractivity contribution is 5.61. The van der Waals surface area contributed by atoms with E-state index in [0.717, 1.165) is 13.0 Å². The Bertz CT molecular complexity index is 526. The lowest BCUT2D eigenvalue weighted by Crippen LogP contribution is -2.29. The van der Waals surface area contributed by atoms with Gasteiger partial charge in [-0.1, -0.05) is 33.1 Å². The lowest BCUT2D eigenvalue weighted by Gasteiger charge is -2.27. The number of benzene rings is 1. The van der Waals surface area contributed by atoms with Crippen LogP contribution in [0, 0.1) is 17.0 Å². The van der Waals surface area contributed by atoms with Gasteiger partial charge in [0.2, 0.25) is 5.82 Å². The summed E-state index contributed by atoms with van der Waals surface area (Å²) in [4.78, 5) is 2.19. The lowest BCUT2D eigenvalue weighted by molar-refractivity contribution is 0.331. The Labute approximate surface area is 138 Å². The number of halogens is 2.